The van der Waals surface area contributed by atoms with E-state index in [0.717, 1.165) is 42.3 Å². The minimum absolute atomic E-state index is 0.228. The van der Waals surface area contributed by atoms with Crippen molar-refractivity contribution in [2.45, 2.75) is 38.7 Å². The Labute approximate surface area is 173 Å². The fourth-order valence-corrected chi connectivity index (χ4v) is 4.36. The molecule has 0 spiro atoms. The molecule has 150 valence electrons. The summed E-state index contributed by atoms with van der Waals surface area (Å²) in [6.07, 6.45) is 6.19. The zero-order valence-corrected chi connectivity index (χ0v) is 16.7. The number of nitrogens with zero attached hydrogens (tertiary/aromatic N) is 3. The van der Waals surface area contributed by atoms with Crippen LogP contribution in [0.1, 0.15) is 46.2 Å². The van der Waals surface area contributed by atoms with Crippen LogP contribution in [0.3, 0.4) is 0 Å². The van der Waals surface area contributed by atoms with Crippen molar-refractivity contribution in [3.05, 3.63) is 71.7 Å². The maximum Gasteiger partial charge on any atom is 0.341 e. The van der Waals surface area contributed by atoms with Gasteiger partial charge in [-0.2, -0.15) is 0 Å². The Morgan fingerprint density at radius 1 is 1.00 bits per heavy atom. The molecule has 2 heterocycles. The van der Waals surface area contributed by atoms with E-state index < -0.39 is 12.1 Å². The fraction of sp³-hybridized carbons (Fsp3) is 0.250. The van der Waals surface area contributed by atoms with Crippen LogP contribution in [-0.2, 0) is 17.6 Å². The summed E-state index contributed by atoms with van der Waals surface area (Å²) in [5.41, 5.74) is 4.55. The molecule has 2 aromatic heterocycles. The van der Waals surface area contributed by atoms with Gasteiger partial charge in [0.15, 0.2) is 6.10 Å². The largest absolute Gasteiger partial charge is 0.449 e. The van der Waals surface area contributed by atoms with E-state index in [1.807, 2.05) is 18.2 Å². The van der Waals surface area contributed by atoms with Gasteiger partial charge in [-0.3, -0.25) is 19.3 Å². The van der Waals surface area contributed by atoms with Crippen molar-refractivity contribution in [3.8, 4) is 0 Å². The van der Waals surface area contributed by atoms with E-state index >= 15 is 0 Å². The third-order valence-electron chi connectivity index (χ3n) is 5.75. The summed E-state index contributed by atoms with van der Waals surface area (Å²) >= 11 is 0. The Morgan fingerprint density at radius 3 is 2.70 bits per heavy atom. The van der Waals surface area contributed by atoms with E-state index in [2.05, 4.69) is 16.0 Å². The van der Waals surface area contributed by atoms with Crippen LogP contribution in [0.25, 0.3) is 21.9 Å². The molecule has 2 aromatic carbocycles. The molecule has 30 heavy (non-hydrogen) atoms. The van der Waals surface area contributed by atoms with Crippen LogP contribution in [-0.4, -0.2) is 32.5 Å². The Balaban J connectivity index is 1.48. The zero-order valence-electron chi connectivity index (χ0n) is 16.7. The SMILES string of the molecule is CC(OC(=O)c1cccc2nccnc12)C(=O)n1c2c(c3ccccc31)CCCC2. The predicted octanol–water partition coefficient (Wildman–Crippen LogP) is 4.35. The van der Waals surface area contributed by atoms with Crippen molar-refractivity contribution < 1.29 is 14.3 Å². The molecule has 1 atom stereocenters. The molecule has 0 saturated heterocycles. The van der Waals surface area contributed by atoms with Crippen LogP contribution < -0.4 is 0 Å². The van der Waals surface area contributed by atoms with Gasteiger partial charge in [-0.05, 0) is 56.4 Å². The predicted molar refractivity (Wildman–Crippen MR) is 114 cm³/mol. The van der Waals surface area contributed by atoms with E-state index in [-0.39, 0.29) is 5.91 Å². The lowest BCUT2D eigenvalue weighted by atomic mass is 9.95. The van der Waals surface area contributed by atoms with Gasteiger partial charge in [0.2, 0.25) is 0 Å². The van der Waals surface area contributed by atoms with E-state index in [0.29, 0.717) is 16.6 Å². The quantitative estimate of drug-likeness (QED) is 0.479. The van der Waals surface area contributed by atoms with Gasteiger partial charge in [-0.15, -0.1) is 0 Å². The number of carbonyl (C=O) groups is 2. The Kier molecular flexibility index (Phi) is 4.54. The molecule has 0 bridgehead atoms. The summed E-state index contributed by atoms with van der Waals surface area (Å²) in [5, 5.41) is 1.11. The van der Waals surface area contributed by atoms with Crippen molar-refractivity contribution in [1.82, 2.24) is 14.5 Å². The summed E-state index contributed by atoms with van der Waals surface area (Å²) in [6, 6.07) is 13.1. The molecule has 6 heteroatoms. The third kappa shape index (κ3) is 2.96. The number of aromatic nitrogens is 3. The van der Waals surface area contributed by atoms with Crippen LogP contribution in [0.15, 0.2) is 54.9 Å². The number of aryl methyl sites for hydroxylation is 1. The molecule has 0 N–H and O–H groups in total. The number of ether oxygens (including phenoxy) is 1. The smallest absolute Gasteiger partial charge is 0.341 e. The lowest BCUT2D eigenvalue weighted by Crippen LogP contribution is -2.30. The molecule has 1 aliphatic rings. The van der Waals surface area contributed by atoms with Gasteiger partial charge in [0.1, 0.15) is 5.52 Å². The Bertz CT molecular complexity index is 1290. The van der Waals surface area contributed by atoms with Crippen molar-refractivity contribution in [1.29, 1.82) is 0 Å². The molecule has 5 rings (SSSR count). The molecule has 0 fully saturated rings. The molecule has 0 aliphatic heterocycles. The number of hydrogen-bond acceptors (Lipinski definition) is 5. The zero-order chi connectivity index (χ0) is 20.7. The molecule has 6 nitrogen and oxygen atoms in total. The van der Waals surface area contributed by atoms with Gasteiger partial charge in [0, 0.05) is 23.5 Å². The van der Waals surface area contributed by atoms with Crippen LogP contribution in [0, 0.1) is 0 Å². The number of fused-ring (bicyclic) bond motifs is 4. The number of carbonyl (C=O) groups excluding carboxylic acids is 2. The highest BCUT2D eigenvalue weighted by Crippen LogP contribution is 2.32. The molecular weight excluding hydrogens is 378 g/mol. The molecule has 0 amide bonds. The van der Waals surface area contributed by atoms with Crippen LogP contribution in [0.5, 0.6) is 0 Å². The highest BCUT2D eigenvalue weighted by Gasteiger charge is 2.28. The maximum absolute atomic E-state index is 13.4. The van der Waals surface area contributed by atoms with Gasteiger partial charge in [0.05, 0.1) is 16.6 Å². The standard InChI is InChI=1S/C24H21N3O3/c1-15(30-24(29)18-9-6-10-19-22(18)26-14-13-25-19)23(28)27-20-11-4-2-7-16(20)17-8-3-5-12-21(17)27/h2,4,6-7,9-11,13-15H,3,5,8,12H2,1H3. The lowest BCUT2D eigenvalue weighted by molar-refractivity contribution is 0.0286. The van der Waals surface area contributed by atoms with E-state index in [1.54, 1.807) is 35.9 Å². The third-order valence-corrected chi connectivity index (χ3v) is 5.75. The summed E-state index contributed by atoms with van der Waals surface area (Å²) < 4.78 is 7.35. The van der Waals surface area contributed by atoms with Crippen molar-refractivity contribution >= 4 is 33.8 Å². The molecule has 0 saturated carbocycles. The number of para-hydroxylation sites is 2. The van der Waals surface area contributed by atoms with E-state index in [1.165, 1.54) is 11.8 Å². The normalized spacial score (nSPS) is 14.4. The first kappa shape index (κ1) is 18.5. The molecule has 4 aromatic rings. The molecular formula is C24H21N3O3. The average molecular weight is 399 g/mol. The molecule has 1 aliphatic carbocycles. The first-order chi connectivity index (χ1) is 14.6. The second kappa shape index (κ2) is 7.37. The maximum atomic E-state index is 13.4. The van der Waals surface area contributed by atoms with Crippen molar-refractivity contribution in [2.75, 3.05) is 0 Å². The van der Waals surface area contributed by atoms with Crippen LogP contribution in [0.4, 0.5) is 0 Å². The van der Waals surface area contributed by atoms with Crippen LogP contribution in [0.2, 0.25) is 0 Å². The van der Waals surface area contributed by atoms with Gasteiger partial charge in [-0.1, -0.05) is 24.3 Å². The van der Waals surface area contributed by atoms with Gasteiger partial charge >= 0.3 is 5.97 Å². The summed E-state index contributed by atoms with van der Waals surface area (Å²) in [6.45, 7) is 1.63. The topological polar surface area (TPSA) is 74.1 Å². The number of rotatable bonds is 3. The number of benzene rings is 2. The van der Waals surface area contributed by atoms with E-state index in [4.69, 9.17) is 4.74 Å². The minimum Gasteiger partial charge on any atom is -0.449 e. The Morgan fingerprint density at radius 2 is 1.80 bits per heavy atom. The fourth-order valence-electron chi connectivity index (χ4n) is 4.36. The molecule has 1 unspecified atom stereocenters. The first-order valence-electron chi connectivity index (χ1n) is 10.2. The minimum atomic E-state index is -0.925. The highest BCUT2D eigenvalue weighted by molar-refractivity contribution is 6.03. The Hall–Kier alpha value is -3.54. The summed E-state index contributed by atoms with van der Waals surface area (Å²) in [7, 11) is 0. The number of esters is 1. The van der Waals surface area contributed by atoms with Crippen molar-refractivity contribution in [2.24, 2.45) is 0 Å². The molecule has 0 radical (unpaired) electrons. The van der Waals surface area contributed by atoms with Crippen LogP contribution >= 0.6 is 0 Å². The average Bonchev–Trinajstić information content (AvgIpc) is 3.12. The highest BCUT2D eigenvalue weighted by atomic mass is 16.5. The van der Waals surface area contributed by atoms with Gasteiger partial charge in [0.25, 0.3) is 5.91 Å². The van der Waals surface area contributed by atoms with Gasteiger partial charge in [-0.25, -0.2) is 4.79 Å². The summed E-state index contributed by atoms with van der Waals surface area (Å²) in [5.74, 6) is -0.804. The van der Waals surface area contributed by atoms with E-state index in [9.17, 15) is 9.59 Å². The monoisotopic (exact) mass is 399 g/mol. The lowest BCUT2D eigenvalue weighted by Gasteiger charge is -2.18. The second-order valence-electron chi connectivity index (χ2n) is 7.60. The van der Waals surface area contributed by atoms with Gasteiger partial charge < -0.3 is 4.74 Å². The first-order valence-corrected chi connectivity index (χ1v) is 10.2. The van der Waals surface area contributed by atoms with Crippen molar-refractivity contribution in [3.63, 3.8) is 0 Å². The number of hydrogen-bond donors (Lipinski definition) is 0. The second-order valence-corrected chi connectivity index (χ2v) is 7.60. The summed E-state index contributed by atoms with van der Waals surface area (Å²) in [4.78, 5) is 34.7.